The van der Waals surface area contributed by atoms with E-state index < -0.39 is 0 Å². The average Bonchev–Trinajstić information content (AvgIpc) is 2.76. The monoisotopic (exact) mass is 545 g/mol. The third-order valence-electron chi connectivity index (χ3n) is 4.49. The van der Waals surface area contributed by atoms with Crippen LogP contribution in [0.3, 0.4) is 0 Å². The van der Waals surface area contributed by atoms with Crippen LogP contribution in [0.25, 0.3) is 5.32 Å². The zero-order valence-electron chi connectivity index (χ0n) is 18.4. The molecule has 0 fully saturated rings. The van der Waals surface area contributed by atoms with Crippen LogP contribution in [0.4, 0.5) is 0 Å². The van der Waals surface area contributed by atoms with Crippen molar-refractivity contribution in [2.45, 2.75) is 51.4 Å². The average molecular weight is 547 g/mol. The molecule has 0 saturated carbocycles. The maximum absolute atomic E-state index is 11.7. The predicted octanol–water partition coefficient (Wildman–Crippen LogP) is 1.42. The van der Waals surface area contributed by atoms with Crippen LogP contribution in [0.5, 0.6) is 0 Å². The minimum absolute atomic E-state index is 0.0807. The van der Waals surface area contributed by atoms with Crippen molar-refractivity contribution in [3.8, 4) is 0 Å². The second kappa shape index (κ2) is 29.5. The number of rotatable bonds is 22. The standard InChI is InChI=1S/C20H45N5OS2.O.Tc/c21-9-5-3-1-2-4-6-10-22-11-7-12-23-13-8-15-25(16-18-28)19-20(26)24-14-17-27;;/h22-23H,1-19,21H2,(H3,24,26,27,28);;/q;;+4/p-3. The van der Waals surface area contributed by atoms with Gasteiger partial charge in [0.15, 0.2) is 0 Å². The molecule has 0 aliphatic heterocycles. The molecule has 0 aliphatic rings. The second-order valence-corrected chi connectivity index (χ2v) is 7.89. The molecule has 0 aliphatic carbocycles. The molecule has 0 heterocycles. The number of carbonyl (C=O) groups excluding carboxylic acids is 1. The molecule has 0 rings (SSSR count). The van der Waals surface area contributed by atoms with Crippen molar-refractivity contribution in [2.75, 3.05) is 70.4 Å². The first kappa shape index (κ1) is 32.6. The van der Waals surface area contributed by atoms with E-state index in [0.29, 0.717) is 24.6 Å². The first-order chi connectivity index (χ1) is 14.7. The molecule has 0 atom stereocenters. The van der Waals surface area contributed by atoms with Gasteiger partial charge in [-0.05, 0) is 71.5 Å². The number of carbonyl (C=O) groups is 1. The fraction of sp³-hybridized carbons (Fsp3) is 0.950. The summed E-state index contributed by atoms with van der Waals surface area (Å²) < 4.78 is 8.22. The Hall–Kier alpha value is 0.459. The second-order valence-electron chi connectivity index (χ2n) is 7.08. The Kier molecular flexibility index (Phi) is 32.0. The molecule has 7 nitrogen and oxygen atoms in total. The van der Waals surface area contributed by atoms with E-state index in [2.05, 4.69) is 20.9 Å². The molecule has 0 unspecified atom stereocenters. The number of hydrogen-bond acceptors (Lipinski definition) is 8. The van der Waals surface area contributed by atoms with Crippen molar-refractivity contribution in [2.24, 2.45) is 5.73 Å². The van der Waals surface area contributed by atoms with E-state index in [-0.39, 0.29) is 5.91 Å². The molecule has 0 saturated heterocycles. The van der Waals surface area contributed by atoms with Crippen molar-refractivity contribution >= 4 is 31.2 Å². The zero-order chi connectivity index (χ0) is 22.7. The van der Waals surface area contributed by atoms with Crippen LogP contribution in [0.2, 0.25) is 0 Å². The van der Waals surface area contributed by atoms with E-state index >= 15 is 0 Å². The van der Waals surface area contributed by atoms with Gasteiger partial charge in [-0.15, -0.1) is 0 Å². The zero-order valence-corrected chi connectivity index (χ0v) is 21.9. The van der Waals surface area contributed by atoms with Gasteiger partial charge in [0.25, 0.3) is 0 Å². The van der Waals surface area contributed by atoms with Gasteiger partial charge in [0.1, 0.15) is 0 Å². The van der Waals surface area contributed by atoms with Gasteiger partial charge in [0.05, 0.1) is 5.91 Å². The summed E-state index contributed by atoms with van der Waals surface area (Å²) in [5, 5.41) is 10.9. The van der Waals surface area contributed by atoms with Gasteiger partial charge in [-0.25, -0.2) is 0 Å². The summed E-state index contributed by atoms with van der Waals surface area (Å²) in [6.45, 7) is 7.47. The molecular weight excluding hydrogens is 504 g/mol. The topological polar surface area (TPSA) is 102 Å². The molecule has 10 heteroatoms. The minimum atomic E-state index is -0.0807. The van der Waals surface area contributed by atoms with Gasteiger partial charge in [-0.2, -0.15) is 18.1 Å². The first-order valence-corrected chi connectivity index (χ1v) is 13.0. The van der Waals surface area contributed by atoms with Crippen LogP contribution in [0, 0.1) is 0 Å². The van der Waals surface area contributed by atoms with Gasteiger partial charge >= 0.3 is 22.4 Å². The van der Waals surface area contributed by atoms with Gasteiger partial charge in [0.2, 0.25) is 0 Å². The van der Waals surface area contributed by atoms with E-state index in [1.54, 1.807) is 0 Å². The third kappa shape index (κ3) is 26.5. The van der Waals surface area contributed by atoms with Crippen LogP contribution in [-0.4, -0.2) is 81.2 Å². The summed E-state index contributed by atoms with van der Waals surface area (Å²) in [6, 6.07) is 0. The number of hydrogen-bond donors (Lipinski definition) is 3. The first-order valence-electron chi connectivity index (χ1n) is 11.1. The van der Waals surface area contributed by atoms with Crippen molar-refractivity contribution in [1.82, 2.24) is 15.5 Å². The fourth-order valence-electron chi connectivity index (χ4n) is 2.93. The number of unbranched alkanes of at least 4 members (excludes halogenated alkanes) is 5. The predicted molar refractivity (Wildman–Crippen MR) is 127 cm³/mol. The molecule has 30 heavy (non-hydrogen) atoms. The van der Waals surface area contributed by atoms with E-state index in [1.165, 1.54) is 38.5 Å². The Morgan fingerprint density at radius 3 is 1.97 bits per heavy atom. The Bertz CT molecular complexity index is 361. The quantitative estimate of drug-likeness (QED) is 0.139. The van der Waals surface area contributed by atoms with E-state index in [9.17, 15) is 4.79 Å². The van der Waals surface area contributed by atoms with Crippen LogP contribution >= 0.6 is 0 Å². The van der Waals surface area contributed by atoms with Crippen LogP contribution in [0.1, 0.15) is 51.4 Å². The van der Waals surface area contributed by atoms with Crippen molar-refractivity contribution in [3.63, 3.8) is 0 Å². The van der Waals surface area contributed by atoms with Gasteiger partial charge in [0, 0.05) is 6.54 Å². The Morgan fingerprint density at radius 2 is 1.37 bits per heavy atom. The summed E-state index contributed by atoms with van der Waals surface area (Å²) in [5.74, 6) is 1.06. The number of amides is 1. The van der Waals surface area contributed by atoms with Crippen LogP contribution in [-0.2, 0) is 52.4 Å². The van der Waals surface area contributed by atoms with Gasteiger partial charge < -0.3 is 51.7 Å². The number of nitrogens with zero attached hydrogens (tertiary/aromatic N) is 2. The molecule has 0 aromatic heterocycles. The summed E-state index contributed by atoms with van der Waals surface area (Å²) in [5.41, 5.74) is 5.49. The van der Waals surface area contributed by atoms with Gasteiger partial charge in [-0.1, -0.05) is 25.7 Å². The summed E-state index contributed by atoms with van der Waals surface area (Å²) in [7, 11) is 0. The molecule has 0 aromatic rings. The third-order valence-corrected chi connectivity index (χ3v) is 4.85. The molecule has 177 valence electrons. The van der Waals surface area contributed by atoms with Crippen LogP contribution in [0.15, 0.2) is 0 Å². The summed E-state index contributed by atoms with van der Waals surface area (Å²) >= 11 is 10.8. The normalized spacial score (nSPS) is 10.7. The van der Waals surface area contributed by atoms with E-state index in [1.807, 2.05) is 0 Å². The Labute approximate surface area is 206 Å². The van der Waals surface area contributed by atoms with Crippen molar-refractivity contribution in [1.29, 1.82) is 0 Å². The van der Waals surface area contributed by atoms with E-state index in [0.717, 1.165) is 77.5 Å². The van der Waals surface area contributed by atoms with Crippen molar-refractivity contribution < 1.29 is 27.2 Å². The fourth-order valence-corrected chi connectivity index (χ4v) is 3.28. The van der Waals surface area contributed by atoms with Gasteiger partial charge in [-0.3, -0.25) is 4.90 Å². The molecule has 4 N–H and O–H groups in total. The molecule has 1 amide bonds. The molecule has 0 radical (unpaired) electrons. The van der Waals surface area contributed by atoms with Crippen LogP contribution < -0.4 is 16.4 Å². The Morgan fingerprint density at radius 1 is 0.800 bits per heavy atom. The van der Waals surface area contributed by atoms with Crippen molar-refractivity contribution in [3.05, 3.63) is 5.32 Å². The molecule has 0 bridgehead atoms. The SMILES string of the molecule is NCCCCCCCCNCCCNCCCN(CC[S-])CC(=O)[N-]CC[S-].[O]=[Tc+4]. The number of nitrogens with two attached hydrogens (primary N) is 1. The summed E-state index contributed by atoms with van der Waals surface area (Å²) in [4.78, 5) is 13.8. The number of nitrogens with one attached hydrogen (secondary N) is 2. The molecule has 0 spiro atoms. The maximum atomic E-state index is 11.7. The Balaban J connectivity index is 0. The molecule has 0 aromatic carbocycles. The van der Waals surface area contributed by atoms with E-state index in [4.69, 9.17) is 34.5 Å². The summed E-state index contributed by atoms with van der Waals surface area (Å²) in [6.07, 6.45) is 9.85. The molecular formula is C20H42N5O2S2Tc+.